The summed E-state index contributed by atoms with van der Waals surface area (Å²) in [5, 5.41) is 0.943. The Hall–Kier alpha value is -0.730. The van der Waals surface area contributed by atoms with E-state index in [4.69, 9.17) is 11.6 Å². The molecule has 0 saturated carbocycles. The van der Waals surface area contributed by atoms with E-state index in [9.17, 15) is 0 Å². The Balaban J connectivity index is 1.91. The van der Waals surface area contributed by atoms with Crippen LogP contribution in [0.2, 0.25) is 5.02 Å². The Morgan fingerprint density at radius 1 is 1.35 bits per heavy atom. The van der Waals surface area contributed by atoms with Crippen LogP contribution in [0.4, 0.5) is 5.69 Å². The van der Waals surface area contributed by atoms with Crippen molar-refractivity contribution in [2.75, 3.05) is 31.1 Å². The normalized spacial score (nSPS) is 24.4. The minimum absolute atomic E-state index is 0.632. The molecule has 17 heavy (non-hydrogen) atoms. The van der Waals surface area contributed by atoms with Gasteiger partial charge in [0.1, 0.15) is 0 Å². The van der Waals surface area contributed by atoms with Gasteiger partial charge in [0.25, 0.3) is 0 Å². The number of benzene rings is 1. The van der Waals surface area contributed by atoms with Crippen LogP contribution in [0, 0.1) is 0 Å². The van der Waals surface area contributed by atoms with Gasteiger partial charge in [-0.15, -0.1) is 0 Å². The molecule has 1 aromatic carbocycles. The first-order valence-corrected chi connectivity index (χ1v) is 6.93. The summed E-state index contributed by atoms with van der Waals surface area (Å²) in [6.07, 6.45) is 2.38. The maximum absolute atomic E-state index is 6.31. The lowest BCUT2D eigenvalue weighted by Crippen LogP contribution is -2.38. The summed E-state index contributed by atoms with van der Waals surface area (Å²) in [6, 6.07) is 6.95. The molecule has 2 aliphatic rings. The van der Waals surface area contributed by atoms with Crippen LogP contribution in [-0.4, -0.2) is 37.1 Å². The molecule has 2 heterocycles. The fourth-order valence-electron chi connectivity index (χ4n) is 3.17. The Bertz CT molecular complexity index is 419. The van der Waals surface area contributed by atoms with Gasteiger partial charge in [0.15, 0.2) is 0 Å². The van der Waals surface area contributed by atoms with E-state index >= 15 is 0 Å². The van der Waals surface area contributed by atoms with E-state index in [-0.39, 0.29) is 0 Å². The van der Waals surface area contributed by atoms with Crippen LogP contribution in [0.15, 0.2) is 18.2 Å². The molecule has 1 unspecified atom stereocenters. The molecule has 0 aliphatic carbocycles. The van der Waals surface area contributed by atoms with Gasteiger partial charge in [-0.2, -0.15) is 0 Å². The standard InChI is InChI=1S/C14H19ClN2/c1-2-16-7-4-8-17-11(10-16)9-12-13(15)5-3-6-14(12)17/h3,5-6,11H,2,4,7-10H2,1H3. The first-order chi connectivity index (χ1) is 8.29. The highest BCUT2D eigenvalue weighted by Crippen LogP contribution is 2.37. The number of likely N-dealkylation sites (N-methyl/N-ethyl adjacent to an activating group) is 1. The van der Waals surface area contributed by atoms with Crippen molar-refractivity contribution in [1.29, 1.82) is 0 Å². The Morgan fingerprint density at radius 3 is 3.06 bits per heavy atom. The average molecular weight is 251 g/mol. The molecule has 3 rings (SSSR count). The minimum atomic E-state index is 0.632. The van der Waals surface area contributed by atoms with Gasteiger partial charge >= 0.3 is 0 Å². The van der Waals surface area contributed by atoms with E-state index in [1.54, 1.807) is 0 Å². The number of hydrogen-bond donors (Lipinski definition) is 0. The largest absolute Gasteiger partial charge is 0.367 e. The predicted molar refractivity (Wildman–Crippen MR) is 73.0 cm³/mol. The third kappa shape index (κ3) is 1.94. The second kappa shape index (κ2) is 4.51. The van der Waals surface area contributed by atoms with E-state index in [1.807, 2.05) is 6.07 Å². The highest BCUT2D eigenvalue weighted by Gasteiger charge is 2.32. The lowest BCUT2D eigenvalue weighted by Gasteiger charge is -2.26. The lowest BCUT2D eigenvalue weighted by atomic mass is 10.1. The molecule has 0 aromatic heterocycles. The molecule has 0 bridgehead atoms. The molecule has 1 aromatic rings. The zero-order valence-corrected chi connectivity index (χ0v) is 11.1. The second-order valence-electron chi connectivity index (χ2n) is 5.04. The monoisotopic (exact) mass is 250 g/mol. The van der Waals surface area contributed by atoms with Gasteiger partial charge < -0.3 is 9.80 Å². The number of halogens is 1. The van der Waals surface area contributed by atoms with Gasteiger partial charge in [0.2, 0.25) is 0 Å². The summed E-state index contributed by atoms with van der Waals surface area (Å²) in [5.74, 6) is 0. The molecule has 1 saturated heterocycles. The Morgan fingerprint density at radius 2 is 2.24 bits per heavy atom. The Labute approximate surface area is 108 Å². The SMILES string of the molecule is CCN1CCCN2c3cccc(Cl)c3CC2C1. The van der Waals surface area contributed by atoms with Gasteiger partial charge in [-0.05, 0) is 43.6 Å². The lowest BCUT2D eigenvalue weighted by molar-refractivity contribution is 0.288. The maximum Gasteiger partial charge on any atom is 0.0459 e. The van der Waals surface area contributed by atoms with Crippen molar-refractivity contribution >= 4 is 17.3 Å². The molecule has 0 spiro atoms. The topological polar surface area (TPSA) is 6.48 Å². The molecule has 0 radical (unpaired) electrons. The number of nitrogens with zero attached hydrogens (tertiary/aromatic N) is 2. The van der Waals surface area contributed by atoms with E-state index in [0.29, 0.717) is 6.04 Å². The van der Waals surface area contributed by atoms with Crippen molar-refractivity contribution in [1.82, 2.24) is 4.90 Å². The van der Waals surface area contributed by atoms with Crippen molar-refractivity contribution in [3.05, 3.63) is 28.8 Å². The molecule has 1 atom stereocenters. The first-order valence-electron chi connectivity index (χ1n) is 6.56. The van der Waals surface area contributed by atoms with Gasteiger partial charge in [-0.25, -0.2) is 0 Å². The predicted octanol–water partition coefficient (Wildman–Crippen LogP) is 2.80. The summed E-state index contributed by atoms with van der Waals surface area (Å²) in [4.78, 5) is 5.13. The number of fused-ring (bicyclic) bond motifs is 3. The van der Waals surface area contributed by atoms with E-state index in [1.165, 1.54) is 37.3 Å². The average Bonchev–Trinajstić information content (AvgIpc) is 2.57. The molecular weight excluding hydrogens is 232 g/mol. The molecular formula is C14H19ClN2. The first kappa shape index (κ1) is 11.4. The number of anilines is 1. The molecule has 3 heteroatoms. The van der Waals surface area contributed by atoms with Crippen LogP contribution < -0.4 is 4.90 Å². The van der Waals surface area contributed by atoms with Crippen LogP contribution in [0.3, 0.4) is 0 Å². The zero-order chi connectivity index (χ0) is 11.8. The van der Waals surface area contributed by atoms with Crippen molar-refractivity contribution in [2.24, 2.45) is 0 Å². The molecule has 2 aliphatic heterocycles. The van der Waals surface area contributed by atoms with E-state index in [2.05, 4.69) is 28.9 Å². The van der Waals surface area contributed by atoms with Crippen LogP contribution in [-0.2, 0) is 6.42 Å². The summed E-state index contributed by atoms with van der Waals surface area (Å²) in [5.41, 5.74) is 2.73. The molecule has 0 N–H and O–H groups in total. The quantitative estimate of drug-likeness (QED) is 0.756. The maximum atomic E-state index is 6.31. The zero-order valence-electron chi connectivity index (χ0n) is 10.3. The van der Waals surface area contributed by atoms with E-state index < -0.39 is 0 Å². The van der Waals surface area contributed by atoms with Crippen LogP contribution in [0.5, 0.6) is 0 Å². The summed E-state index contributed by atoms with van der Waals surface area (Å²) < 4.78 is 0. The number of rotatable bonds is 1. The minimum Gasteiger partial charge on any atom is -0.367 e. The van der Waals surface area contributed by atoms with Crippen molar-refractivity contribution in [3.63, 3.8) is 0 Å². The van der Waals surface area contributed by atoms with Crippen LogP contribution >= 0.6 is 11.6 Å². The molecule has 1 fully saturated rings. The third-order valence-corrected chi connectivity index (χ3v) is 4.43. The van der Waals surface area contributed by atoms with Crippen molar-refractivity contribution < 1.29 is 0 Å². The second-order valence-corrected chi connectivity index (χ2v) is 5.44. The molecule has 92 valence electrons. The smallest absolute Gasteiger partial charge is 0.0459 e. The number of hydrogen-bond acceptors (Lipinski definition) is 2. The van der Waals surface area contributed by atoms with Gasteiger partial charge in [-0.1, -0.05) is 24.6 Å². The van der Waals surface area contributed by atoms with E-state index in [0.717, 1.165) is 18.0 Å². The molecule has 0 amide bonds. The highest BCUT2D eigenvalue weighted by molar-refractivity contribution is 6.31. The van der Waals surface area contributed by atoms with Gasteiger partial charge in [0, 0.05) is 29.8 Å². The van der Waals surface area contributed by atoms with Gasteiger partial charge in [-0.3, -0.25) is 0 Å². The highest BCUT2D eigenvalue weighted by atomic mass is 35.5. The summed E-state index contributed by atoms with van der Waals surface area (Å²) in [7, 11) is 0. The van der Waals surface area contributed by atoms with Gasteiger partial charge in [0.05, 0.1) is 0 Å². The third-order valence-electron chi connectivity index (χ3n) is 4.07. The molecule has 2 nitrogen and oxygen atoms in total. The fourth-order valence-corrected chi connectivity index (χ4v) is 3.41. The fraction of sp³-hybridized carbons (Fsp3) is 0.571. The van der Waals surface area contributed by atoms with Crippen LogP contribution in [0.1, 0.15) is 18.9 Å². The summed E-state index contributed by atoms with van der Waals surface area (Å²) in [6.45, 7) is 7.01. The van der Waals surface area contributed by atoms with Crippen molar-refractivity contribution in [2.45, 2.75) is 25.8 Å². The Kier molecular flexibility index (Phi) is 3.01. The van der Waals surface area contributed by atoms with Crippen molar-refractivity contribution in [3.8, 4) is 0 Å². The summed E-state index contributed by atoms with van der Waals surface area (Å²) >= 11 is 6.31. The van der Waals surface area contributed by atoms with Crippen LogP contribution in [0.25, 0.3) is 0 Å².